The quantitative estimate of drug-likeness (QED) is 0.520. The minimum atomic E-state index is 0.649. The molecule has 0 amide bonds. The zero-order valence-electron chi connectivity index (χ0n) is 19.3. The van der Waals surface area contributed by atoms with Gasteiger partial charge < -0.3 is 14.5 Å². The Hall–Kier alpha value is -3.97. The molecule has 0 N–H and O–H groups in total. The lowest BCUT2D eigenvalue weighted by atomic mass is 10.1. The Balaban J connectivity index is 1.80. The van der Waals surface area contributed by atoms with Crippen molar-refractivity contribution in [1.82, 2.24) is 0 Å². The van der Waals surface area contributed by atoms with E-state index in [9.17, 15) is 5.26 Å². The van der Waals surface area contributed by atoms with Crippen LogP contribution < -0.4 is 9.80 Å². The predicted octanol–water partition coefficient (Wildman–Crippen LogP) is 6.18. The Morgan fingerprint density at radius 1 is 0.719 bits per heavy atom. The molecule has 0 radical (unpaired) electrons. The topological polar surface area (TPSA) is 39.5 Å². The first-order valence-corrected chi connectivity index (χ1v) is 10.5. The summed E-state index contributed by atoms with van der Waals surface area (Å²) in [4.78, 5) is 4.14. The smallest absolute Gasteiger partial charge is 0.128 e. The van der Waals surface area contributed by atoms with Crippen molar-refractivity contribution < 1.29 is 4.74 Å². The monoisotopic (exact) mass is 423 g/mol. The molecule has 1 heterocycles. The molecule has 4 nitrogen and oxygen atoms in total. The van der Waals surface area contributed by atoms with Gasteiger partial charge in [0.25, 0.3) is 0 Å². The summed E-state index contributed by atoms with van der Waals surface area (Å²) in [6, 6.07) is 18.8. The van der Waals surface area contributed by atoms with Gasteiger partial charge in [-0.2, -0.15) is 5.26 Å². The van der Waals surface area contributed by atoms with Gasteiger partial charge in [0, 0.05) is 45.1 Å². The highest BCUT2D eigenvalue weighted by molar-refractivity contribution is 5.61. The molecular weight excluding hydrogens is 394 g/mol. The molecule has 0 spiro atoms. The van der Waals surface area contributed by atoms with E-state index in [1.54, 1.807) is 0 Å². The molecule has 0 saturated carbocycles. The van der Waals surface area contributed by atoms with Crippen LogP contribution in [-0.2, 0) is 4.74 Å². The van der Waals surface area contributed by atoms with Crippen LogP contribution in [0.15, 0.2) is 95.5 Å². The zero-order chi connectivity index (χ0) is 23.1. The van der Waals surface area contributed by atoms with Gasteiger partial charge in [-0.15, -0.1) is 0 Å². The number of rotatable bonds is 6. The molecule has 3 rings (SSSR count). The Morgan fingerprint density at radius 3 is 1.47 bits per heavy atom. The van der Waals surface area contributed by atoms with E-state index >= 15 is 0 Å². The van der Waals surface area contributed by atoms with Crippen molar-refractivity contribution in [3.63, 3.8) is 0 Å². The van der Waals surface area contributed by atoms with Crippen molar-refractivity contribution in [1.29, 1.82) is 5.26 Å². The summed E-state index contributed by atoms with van der Waals surface area (Å²) < 4.78 is 6.07. The van der Waals surface area contributed by atoms with E-state index in [4.69, 9.17) is 4.74 Å². The molecule has 0 bridgehead atoms. The van der Waals surface area contributed by atoms with E-state index in [2.05, 4.69) is 64.4 Å². The second-order valence-corrected chi connectivity index (χ2v) is 8.03. The van der Waals surface area contributed by atoms with Gasteiger partial charge >= 0.3 is 0 Å². The van der Waals surface area contributed by atoms with Crippen LogP contribution in [0.25, 0.3) is 12.2 Å². The summed E-state index contributed by atoms with van der Waals surface area (Å²) in [5, 5.41) is 9.37. The third-order valence-electron chi connectivity index (χ3n) is 5.13. The molecule has 0 saturated heterocycles. The normalized spacial score (nSPS) is 13.4. The molecule has 4 heteroatoms. The third-order valence-corrected chi connectivity index (χ3v) is 5.13. The van der Waals surface area contributed by atoms with E-state index in [0.29, 0.717) is 17.1 Å². The summed E-state index contributed by atoms with van der Waals surface area (Å²) in [6.45, 7) is 1.82. The number of anilines is 2. The van der Waals surface area contributed by atoms with E-state index in [1.165, 1.54) is 0 Å². The standard InChI is InChI=1S/C28H29N3O/c1-21(20-29)24-18-27(16-10-22-6-12-25(13-7-22)30(2)3)32-28(19-24)17-11-23-8-14-26(15-9-23)31(4)5/h6-19H,1-5H3. The number of nitriles is 1. The average molecular weight is 424 g/mol. The molecule has 162 valence electrons. The largest absolute Gasteiger partial charge is 0.457 e. The van der Waals surface area contributed by atoms with Crippen molar-refractivity contribution in [2.45, 2.75) is 6.92 Å². The van der Waals surface area contributed by atoms with Gasteiger partial charge in [0.05, 0.1) is 6.07 Å². The van der Waals surface area contributed by atoms with Crippen molar-refractivity contribution >= 4 is 23.5 Å². The van der Waals surface area contributed by atoms with Gasteiger partial charge in [-0.25, -0.2) is 0 Å². The van der Waals surface area contributed by atoms with Crippen LogP contribution in [0, 0.1) is 11.3 Å². The summed E-state index contributed by atoms with van der Waals surface area (Å²) in [5.41, 5.74) is 5.96. The van der Waals surface area contributed by atoms with Gasteiger partial charge in [-0.05, 0) is 72.2 Å². The van der Waals surface area contributed by atoms with E-state index in [0.717, 1.165) is 28.1 Å². The lowest BCUT2D eigenvalue weighted by Crippen LogP contribution is -2.07. The van der Waals surface area contributed by atoms with Gasteiger partial charge in [0.15, 0.2) is 0 Å². The molecule has 0 atom stereocenters. The maximum absolute atomic E-state index is 9.37. The highest BCUT2D eigenvalue weighted by atomic mass is 16.5. The molecule has 1 aliphatic heterocycles. The Kier molecular flexibility index (Phi) is 7.36. The second-order valence-electron chi connectivity index (χ2n) is 8.03. The van der Waals surface area contributed by atoms with Crippen LogP contribution in [0.4, 0.5) is 11.4 Å². The molecule has 0 fully saturated rings. The fourth-order valence-corrected chi connectivity index (χ4v) is 3.11. The lowest BCUT2D eigenvalue weighted by Gasteiger charge is -2.15. The van der Waals surface area contributed by atoms with E-state index in [-0.39, 0.29) is 0 Å². The van der Waals surface area contributed by atoms with Crippen molar-refractivity contribution in [3.05, 3.63) is 107 Å². The van der Waals surface area contributed by atoms with Crippen LogP contribution in [0.2, 0.25) is 0 Å². The SMILES string of the molecule is CC(C#N)=C1C=C(C=Cc2ccc(N(C)C)cc2)OC(C=Cc2ccc(N(C)C)cc2)=C1. The molecule has 0 unspecified atom stereocenters. The van der Waals surface area contributed by atoms with E-state index in [1.807, 2.05) is 71.6 Å². The van der Waals surface area contributed by atoms with Gasteiger partial charge in [-0.1, -0.05) is 36.4 Å². The average Bonchev–Trinajstić information content (AvgIpc) is 2.81. The summed E-state index contributed by atoms with van der Waals surface area (Å²) in [5.74, 6) is 1.38. The molecule has 32 heavy (non-hydrogen) atoms. The number of hydrogen-bond acceptors (Lipinski definition) is 4. The van der Waals surface area contributed by atoms with Gasteiger partial charge in [0.1, 0.15) is 11.5 Å². The van der Waals surface area contributed by atoms with Crippen LogP contribution in [0.5, 0.6) is 0 Å². The molecule has 0 aliphatic carbocycles. The first-order valence-electron chi connectivity index (χ1n) is 10.5. The maximum atomic E-state index is 9.37. The summed E-state index contributed by atoms with van der Waals surface area (Å²) in [6.07, 6.45) is 11.7. The molecule has 1 aliphatic rings. The maximum Gasteiger partial charge on any atom is 0.128 e. The van der Waals surface area contributed by atoms with Crippen LogP contribution in [-0.4, -0.2) is 28.2 Å². The van der Waals surface area contributed by atoms with Gasteiger partial charge in [0.2, 0.25) is 0 Å². The molecule has 2 aromatic rings. The lowest BCUT2D eigenvalue weighted by molar-refractivity contribution is 0.332. The second kappa shape index (κ2) is 10.4. The van der Waals surface area contributed by atoms with Crippen LogP contribution in [0.3, 0.4) is 0 Å². The number of benzene rings is 2. The molecular formula is C28H29N3O. The molecule has 2 aromatic carbocycles. The zero-order valence-corrected chi connectivity index (χ0v) is 19.3. The third kappa shape index (κ3) is 6.02. The summed E-state index contributed by atoms with van der Waals surface area (Å²) in [7, 11) is 8.09. The Morgan fingerprint density at radius 2 is 1.12 bits per heavy atom. The van der Waals surface area contributed by atoms with E-state index < -0.39 is 0 Å². The Bertz CT molecular complexity index is 1060. The minimum absolute atomic E-state index is 0.649. The predicted molar refractivity (Wildman–Crippen MR) is 135 cm³/mol. The Labute approximate surface area is 191 Å². The first kappa shape index (κ1) is 22.7. The number of nitrogens with zero attached hydrogens (tertiary/aromatic N) is 3. The fourth-order valence-electron chi connectivity index (χ4n) is 3.11. The first-order chi connectivity index (χ1) is 15.4. The van der Waals surface area contributed by atoms with Crippen molar-refractivity contribution in [2.24, 2.45) is 0 Å². The minimum Gasteiger partial charge on any atom is -0.457 e. The fraction of sp³-hybridized carbons (Fsp3) is 0.179. The highest BCUT2D eigenvalue weighted by Gasteiger charge is 2.10. The molecule has 0 aromatic heterocycles. The number of allylic oxidation sites excluding steroid dienone is 6. The number of ether oxygens (including phenoxy) is 1. The number of hydrogen-bond donors (Lipinski definition) is 0. The van der Waals surface area contributed by atoms with Crippen molar-refractivity contribution in [2.75, 3.05) is 38.0 Å². The van der Waals surface area contributed by atoms with Gasteiger partial charge in [-0.3, -0.25) is 0 Å². The summed E-state index contributed by atoms with van der Waals surface area (Å²) >= 11 is 0. The van der Waals surface area contributed by atoms with Crippen LogP contribution in [0.1, 0.15) is 18.1 Å². The van der Waals surface area contributed by atoms with Crippen molar-refractivity contribution in [3.8, 4) is 6.07 Å². The highest BCUT2D eigenvalue weighted by Crippen LogP contribution is 2.25. The van der Waals surface area contributed by atoms with Crippen LogP contribution >= 0.6 is 0 Å².